The minimum atomic E-state index is -4.51. The number of nitrogens with two attached hydrogens (primary N) is 1. The van der Waals surface area contributed by atoms with Gasteiger partial charge in [-0.05, 0) is 71.8 Å². The van der Waals surface area contributed by atoms with Gasteiger partial charge in [-0.25, -0.2) is 0 Å². The number of carbonyl (C=O) groups is 3. The van der Waals surface area contributed by atoms with Crippen molar-refractivity contribution in [3.8, 4) is 0 Å². The number of aliphatic carboxylic acids is 1. The molecular weight excluding hydrogens is 641 g/mol. The average molecular weight is 667 g/mol. The molecule has 13 heteroatoms. The number of rotatable bonds is 11. The maximum Gasteiger partial charge on any atom is 0.416 e. The Morgan fingerprint density at radius 2 is 1.67 bits per heavy atom. The van der Waals surface area contributed by atoms with Gasteiger partial charge < -0.3 is 16.2 Å². The van der Waals surface area contributed by atoms with Crippen LogP contribution in [-0.4, -0.2) is 34.9 Å². The van der Waals surface area contributed by atoms with Crippen molar-refractivity contribution in [3.05, 3.63) is 124 Å². The Bertz CT molecular complexity index is 1830. The molecule has 0 aromatic heterocycles. The van der Waals surface area contributed by atoms with E-state index in [0.29, 0.717) is 16.9 Å². The van der Waals surface area contributed by atoms with Gasteiger partial charge in [0.1, 0.15) is 5.84 Å². The summed E-state index contributed by atoms with van der Waals surface area (Å²) in [6.45, 7) is 0. The van der Waals surface area contributed by atoms with Crippen molar-refractivity contribution in [3.63, 3.8) is 0 Å². The standard InChI is InChI=1S/C33H26ClF3N4O4S/c34-24-10-11-28(27(18-24)32(45)41-29(38)12-13-39-25-8-3-7-23(17-25)33(35,36)37)40-31(44)22-6-1-5-21(14-22)19-46-26-9-2-4-20(15-26)16-30(42)43/h1-11,13-15,17-18H,12,16,19H2,(H,40,44)(H,42,43)(H2,38,41,45). The van der Waals surface area contributed by atoms with Crippen molar-refractivity contribution >= 4 is 64.6 Å². The number of alkyl halides is 3. The van der Waals surface area contributed by atoms with Gasteiger partial charge in [0.15, 0.2) is 0 Å². The lowest BCUT2D eigenvalue weighted by molar-refractivity contribution is -0.138. The average Bonchev–Trinajstić information content (AvgIpc) is 3.00. The van der Waals surface area contributed by atoms with Crippen LogP contribution in [0.15, 0.2) is 106 Å². The van der Waals surface area contributed by atoms with Crippen LogP contribution in [0, 0.1) is 0 Å². The van der Waals surface area contributed by atoms with E-state index in [1.807, 2.05) is 18.2 Å². The van der Waals surface area contributed by atoms with Crippen LogP contribution < -0.4 is 11.1 Å². The lowest BCUT2D eigenvalue weighted by Gasteiger charge is -2.11. The van der Waals surface area contributed by atoms with E-state index in [1.54, 1.807) is 30.3 Å². The molecule has 0 saturated carbocycles. The van der Waals surface area contributed by atoms with Crippen LogP contribution >= 0.6 is 23.4 Å². The molecule has 46 heavy (non-hydrogen) atoms. The van der Waals surface area contributed by atoms with Crippen molar-refractivity contribution in [1.29, 1.82) is 0 Å². The Balaban J connectivity index is 1.42. The van der Waals surface area contributed by atoms with Crippen molar-refractivity contribution < 1.29 is 32.7 Å². The summed E-state index contributed by atoms with van der Waals surface area (Å²) in [6.07, 6.45) is -3.47. The first kappa shape index (κ1) is 33.9. The van der Waals surface area contributed by atoms with Crippen molar-refractivity contribution in [2.24, 2.45) is 15.7 Å². The molecule has 2 amide bonds. The molecule has 0 atom stereocenters. The van der Waals surface area contributed by atoms with Gasteiger partial charge in [-0.1, -0.05) is 41.9 Å². The Kier molecular flexibility index (Phi) is 11.3. The van der Waals surface area contributed by atoms with Gasteiger partial charge in [-0.3, -0.25) is 19.4 Å². The number of carbonyl (C=O) groups excluding carboxylic acids is 2. The van der Waals surface area contributed by atoms with E-state index in [-0.39, 0.29) is 40.6 Å². The van der Waals surface area contributed by atoms with Crippen molar-refractivity contribution in [1.82, 2.24) is 0 Å². The number of carboxylic acids is 1. The Morgan fingerprint density at radius 1 is 0.935 bits per heavy atom. The maximum atomic E-state index is 13.2. The van der Waals surface area contributed by atoms with Crippen LogP contribution in [0.1, 0.15) is 43.8 Å². The third-order valence-corrected chi connectivity index (χ3v) is 7.57. The quantitative estimate of drug-likeness (QED) is 0.0849. The number of carboxylic acid groups (broad SMARTS) is 1. The number of aliphatic imine (C=N–C) groups is 2. The largest absolute Gasteiger partial charge is 0.481 e. The zero-order valence-electron chi connectivity index (χ0n) is 23.9. The number of amidine groups is 1. The minimum Gasteiger partial charge on any atom is -0.481 e. The lowest BCUT2D eigenvalue weighted by atomic mass is 10.1. The first-order valence-corrected chi connectivity index (χ1v) is 14.9. The second kappa shape index (κ2) is 15.4. The van der Waals surface area contributed by atoms with Crippen LogP contribution in [0.3, 0.4) is 0 Å². The van der Waals surface area contributed by atoms with Gasteiger partial charge in [0.25, 0.3) is 11.8 Å². The molecule has 0 aliphatic heterocycles. The molecule has 0 heterocycles. The number of nitrogens with zero attached hydrogens (tertiary/aromatic N) is 2. The van der Waals surface area contributed by atoms with Gasteiger partial charge in [0.05, 0.1) is 28.9 Å². The maximum absolute atomic E-state index is 13.2. The molecule has 4 aromatic carbocycles. The summed E-state index contributed by atoms with van der Waals surface area (Å²) in [7, 11) is 0. The molecule has 0 unspecified atom stereocenters. The highest BCUT2D eigenvalue weighted by molar-refractivity contribution is 7.98. The molecule has 0 aliphatic rings. The van der Waals surface area contributed by atoms with Gasteiger partial charge in [-0.2, -0.15) is 18.2 Å². The number of halogens is 4. The fourth-order valence-corrected chi connectivity index (χ4v) is 5.22. The lowest BCUT2D eigenvalue weighted by Crippen LogP contribution is -2.17. The van der Waals surface area contributed by atoms with Crippen LogP contribution in [0.25, 0.3) is 0 Å². The highest BCUT2D eigenvalue weighted by Crippen LogP contribution is 2.31. The molecule has 4 aromatic rings. The zero-order valence-corrected chi connectivity index (χ0v) is 25.5. The first-order valence-electron chi connectivity index (χ1n) is 13.6. The molecule has 0 fully saturated rings. The molecule has 0 radical (unpaired) electrons. The molecule has 4 rings (SSSR count). The third-order valence-electron chi connectivity index (χ3n) is 6.27. The van der Waals surface area contributed by atoms with E-state index in [2.05, 4.69) is 15.3 Å². The van der Waals surface area contributed by atoms with E-state index in [1.165, 1.54) is 48.3 Å². The van der Waals surface area contributed by atoms with Crippen LogP contribution in [-0.2, 0) is 23.1 Å². The number of benzene rings is 4. The molecule has 236 valence electrons. The zero-order chi connectivity index (χ0) is 33.3. The fourth-order valence-electron chi connectivity index (χ4n) is 4.13. The summed E-state index contributed by atoms with van der Waals surface area (Å²) in [5.74, 6) is -1.83. The Labute approximate surface area is 271 Å². The normalized spacial score (nSPS) is 11.9. The highest BCUT2D eigenvalue weighted by atomic mass is 35.5. The summed E-state index contributed by atoms with van der Waals surface area (Å²) in [4.78, 5) is 45.9. The van der Waals surface area contributed by atoms with E-state index >= 15 is 0 Å². The van der Waals surface area contributed by atoms with Gasteiger partial charge in [0, 0.05) is 33.9 Å². The first-order chi connectivity index (χ1) is 21.9. The van der Waals surface area contributed by atoms with Gasteiger partial charge in [0.2, 0.25) is 0 Å². The second-order valence-corrected chi connectivity index (χ2v) is 11.3. The summed E-state index contributed by atoms with van der Waals surface area (Å²) >= 11 is 7.60. The summed E-state index contributed by atoms with van der Waals surface area (Å²) < 4.78 is 38.8. The molecule has 0 aliphatic carbocycles. The second-order valence-electron chi connectivity index (χ2n) is 9.82. The van der Waals surface area contributed by atoms with Gasteiger partial charge in [-0.15, -0.1) is 11.8 Å². The summed E-state index contributed by atoms with van der Waals surface area (Å²) in [5.41, 5.74) is 7.08. The smallest absolute Gasteiger partial charge is 0.416 e. The number of thioether (sulfide) groups is 1. The van der Waals surface area contributed by atoms with Crippen molar-refractivity contribution in [2.45, 2.75) is 29.7 Å². The Morgan fingerprint density at radius 3 is 2.43 bits per heavy atom. The van der Waals surface area contributed by atoms with E-state index in [4.69, 9.17) is 22.4 Å². The molecule has 0 spiro atoms. The summed E-state index contributed by atoms with van der Waals surface area (Å²) in [5, 5.41) is 12.0. The number of hydrogen-bond acceptors (Lipinski definition) is 5. The monoisotopic (exact) mass is 666 g/mol. The highest BCUT2D eigenvalue weighted by Gasteiger charge is 2.30. The van der Waals surface area contributed by atoms with E-state index in [9.17, 15) is 27.6 Å². The molecular formula is C33H26ClF3N4O4S. The predicted octanol–water partition coefficient (Wildman–Crippen LogP) is 7.82. The van der Waals surface area contributed by atoms with E-state index in [0.717, 1.165) is 22.6 Å². The molecule has 0 saturated heterocycles. The predicted molar refractivity (Wildman–Crippen MR) is 173 cm³/mol. The number of hydrogen-bond donors (Lipinski definition) is 3. The number of nitrogens with one attached hydrogen (secondary N) is 1. The fraction of sp³-hybridized carbons (Fsp3) is 0.121. The van der Waals surface area contributed by atoms with Crippen molar-refractivity contribution in [2.75, 3.05) is 5.32 Å². The third kappa shape index (κ3) is 10.0. The number of amides is 2. The molecule has 0 bridgehead atoms. The number of anilines is 1. The molecule has 4 N–H and O–H groups in total. The van der Waals surface area contributed by atoms with Gasteiger partial charge >= 0.3 is 12.1 Å². The Hall–Kier alpha value is -4.94. The minimum absolute atomic E-state index is 0.0217. The van der Waals surface area contributed by atoms with Crippen LogP contribution in [0.2, 0.25) is 5.02 Å². The van der Waals surface area contributed by atoms with Crippen LogP contribution in [0.5, 0.6) is 0 Å². The summed E-state index contributed by atoms with van der Waals surface area (Å²) in [6, 6.07) is 22.9. The molecule has 8 nitrogen and oxygen atoms in total. The van der Waals surface area contributed by atoms with Crippen LogP contribution in [0.4, 0.5) is 24.5 Å². The SMILES string of the molecule is NC(CC=Nc1cccc(C(F)(F)F)c1)=NC(=O)c1cc(Cl)ccc1NC(=O)c1cccc(CSc2cccc(CC(=O)O)c2)c1. The van der Waals surface area contributed by atoms with E-state index < -0.39 is 29.5 Å². The topological polar surface area (TPSA) is 134 Å².